The Labute approximate surface area is 134 Å². The van der Waals surface area contributed by atoms with Gasteiger partial charge in [-0.05, 0) is 36.4 Å². The molecule has 5 heteroatoms. The second kappa shape index (κ2) is 6.75. The number of methoxy groups -OCH3 is 1. The van der Waals surface area contributed by atoms with E-state index in [1.807, 2.05) is 36.4 Å². The summed E-state index contributed by atoms with van der Waals surface area (Å²) >= 11 is 1.78. The molecular formula is C17H17NO3S. The van der Waals surface area contributed by atoms with Gasteiger partial charge in [-0.3, -0.25) is 4.79 Å². The van der Waals surface area contributed by atoms with Crippen LogP contribution in [0, 0.1) is 0 Å². The number of amides is 1. The zero-order chi connectivity index (χ0) is 15.4. The van der Waals surface area contributed by atoms with Gasteiger partial charge < -0.3 is 14.4 Å². The number of carbonyl (C=O) groups is 1. The Kier molecular flexibility index (Phi) is 4.53. The highest BCUT2D eigenvalue weighted by atomic mass is 32.2. The van der Waals surface area contributed by atoms with E-state index in [1.165, 1.54) is 0 Å². The Morgan fingerprint density at radius 3 is 2.64 bits per heavy atom. The third kappa shape index (κ3) is 3.20. The van der Waals surface area contributed by atoms with Gasteiger partial charge in [0.1, 0.15) is 11.5 Å². The molecule has 0 saturated carbocycles. The van der Waals surface area contributed by atoms with E-state index in [4.69, 9.17) is 9.47 Å². The average Bonchev–Trinajstić information content (AvgIpc) is 2.59. The first-order valence-electron chi connectivity index (χ1n) is 7.07. The van der Waals surface area contributed by atoms with Gasteiger partial charge >= 0.3 is 0 Å². The summed E-state index contributed by atoms with van der Waals surface area (Å²) < 4.78 is 10.7. The van der Waals surface area contributed by atoms with Crippen molar-refractivity contribution < 1.29 is 14.3 Å². The van der Waals surface area contributed by atoms with E-state index in [2.05, 4.69) is 0 Å². The molecule has 3 rings (SSSR count). The first-order chi connectivity index (χ1) is 10.8. The lowest BCUT2D eigenvalue weighted by atomic mass is 10.2. The monoisotopic (exact) mass is 315 g/mol. The molecule has 0 atom stereocenters. The van der Waals surface area contributed by atoms with E-state index in [0.717, 1.165) is 22.1 Å². The number of para-hydroxylation sites is 1. The number of nitrogens with zero attached hydrogens (tertiary/aromatic N) is 1. The molecule has 2 aromatic carbocycles. The molecule has 1 aliphatic rings. The van der Waals surface area contributed by atoms with Crippen molar-refractivity contribution in [3.05, 3.63) is 48.5 Å². The number of fused-ring (bicyclic) bond motifs is 1. The minimum absolute atomic E-state index is 0.0245. The summed E-state index contributed by atoms with van der Waals surface area (Å²) in [6.07, 6.45) is 0. The maximum Gasteiger partial charge on any atom is 0.264 e. The molecule has 0 saturated heterocycles. The number of thioether (sulfide) groups is 1. The number of anilines is 1. The summed E-state index contributed by atoms with van der Waals surface area (Å²) in [4.78, 5) is 15.4. The lowest BCUT2D eigenvalue weighted by Crippen LogP contribution is -2.38. The number of rotatable bonds is 4. The molecule has 0 radical (unpaired) electrons. The van der Waals surface area contributed by atoms with Gasteiger partial charge in [-0.25, -0.2) is 0 Å². The van der Waals surface area contributed by atoms with E-state index in [0.29, 0.717) is 12.3 Å². The lowest BCUT2D eigenvalue weighted by Gasteiger charge is -2.28. The van der Waals surface area contributed by atoms with E-state index < -0.39 is 0 Å². The van der Waals surface area contributed by atoms with Crippen molar-refractivity contribution in [2.45, 2.75) is 4.90 Å². The second-order valence-corrected chi connectivity index (χ2v) is 5.96. The van der Waals surface area contributed by atoms with Crippen LogP contribution >= 0.6 is 11.8 Å². The molecule has 0 fully saturated rings. The molecule has 22 heavy (non-hydrogen) atoms. The molecule has 4 nitrogen and oxygen atoms in total. The average molecular weight is 315 g/mol. The van der Waals surface area contributed by atoms with E-state index in [-0.39, 0.29) is 12.5 Å². The molecule has 1 aliphatic heterocycles. The van der Waals surface area contributed by atoms with Gasteiger partial charge in [-0.2, -0.15) is 0 Å². The summed E-state index contributed by atoms with van der Waals surface area (Å²) in [5.41, 5.74) is 0.974. The van der Waals surface area contributed by atoms with Crippen LogP contribution in [0.5, 0.6) is 11.5 Å². The van der Waals surface area contributed by atoms with Gasteiger partial charge in [-0.1, -0.05) is 12.1 Å². The van der Waals surface area contributed by atoms with Crippen LogP contribution in [0.25, 0.3) is 0 Å². The first kappa shape index (κ1) is 14.8. The largest absolute Gasteiger partial charge is 0.497 e. The SMILES string of the molecule is COc1ccc(OCC(=O)N2CCSc3ccccc32)cc1. The predicted octanol–water partition coefficient (Wildman–Crippen LogP) is 3.21. The van der Waals surface area contributed by atoms with E-state index >= 15 is 0 Å². The van der Waals surface area contributed by atoms with Crippen molar-refractivity contribution in [1.29, 1.82) is 0 Å². The third-order valence-electron chi connectivity index (χ3n) is 3.45. The molecule has 0 bridgehead atoms. The molecule has 0 spiro atoms. The maximum atomic E-state index is 12.4. The number of hydrogen-bond donors (Lipinski definition) is 0. The molecule has 0 N–H and O–H groups in total. The summed E-state index contributed by atoms with van der Waals surface area (Å²) in [6.45, 7) is 0.748. The van der Waals surface area contributed by atoms with Gasteiger partial charge in [0.2, 0.25) is 0 Å². The zero-order valence-corrected chi connectivity index (χ0v) is 13.1. The highest BCUT2D eigenvalue weighted by Crippen LogP contribution is 2.34. The number of benzene rings is 2. The Morgan fingerprint density at radius 2 is 1.86 bits per heavy atom. The molecule has 1 heterocycles. The second-order valence-electron chi connectivity index (χ2n) is 4.83. The van der Waals surface area contributed by atoms with Crippen LogP contribution in [-0.2, 0) is 4.79 Å². The highest BCUT2D eigenvalue weighted by molar-refractivity contribution is 7.99. The third-order valence-corrected chi connectivity index (χ3v) is 4.49. The van der Waals surface area contributed by atoms with Crippen molar-refractivity contribution in [2.75, 3.05) is 30.9 Å². The topological polar surface area (TPSA) is 38.8 Å². The normalized spacial score (nSPS) is 13.4. The van der Waals surface area contributed by atoms with Crippen molar-refractivity contribution in [2.24, 2.45) is 0 Å². The minimum Gasteiger partial charge on any atom is -0.497 e. The fourth-order valence-corrected chi connectivity index (χ4v) is 3.32. The van der Waals surface area contributed by atoms with E-state index in [1.54, 1.807) is 35.9 Å². The van der Waals surface area contributed by atoms with Crippen molar-refractivity contribution >= 4 is 23.4 Å². The fourth-order valence-electron chi connectivity index (χ4n) is 2.32. The van der Waals surface area contributed by atoms with Crippen LogP contribution in [0.1, 0.15) is 0 Å². The van der Waals surface area contributed by atoms with Crippen LogP contribution in [0.2, 0.25) is 0 Å². The van der Waals surface area contributed by atoms with Crippen LogP contribution in [0.4, 0.5) is 5.69 Å². The van der Waals surface area contributed by atoms with Crippen molar-refractivity contribution in [3.8, 4) is 11.5 Å². The van der Waals surface area contributed by atoms with Gasteiger partial charge in [0.15, 0.2) is 6.61 Å². The Morgan fingerprint density at radius 1 is 1.14 bits per heavy atom. The van der Waals surface area contributed by atoms with Gasteiger partial charge in [-0.15, -0.1) is 11.8 Å². The Balaban J connectivity index is 1.65. The summed E-state index contributed by atoms with van der Waals surface area (Å²) in [7, 11) is 1.62. The van der Waals surface area contributed by atoms with Gasteiger partial charge in [0, 0.05) is 17.2 Å². The predicted molar refractivity (Wildman–Crippen MR) is 88.0 cm³/mol. The molecular weight excluding hydrogens is 298 g/mol. The van der Waals surface area contributed by atoms with Gasteiger partial charge in [0.25, 0.3) is 5.91 Å². The van der Waals surface area contributed by atoms with Crippen LogP contribution < -0.4 is 14.4 Å². The summed E-state index contributed by atoms with van der Waals surface area (Å²) in [5.74, 6) is 2.31. The summed E-state index contributed by atoms with van der Waals surface area (Å²) in [6, 6.07) is 15.2. The van der Waals surface area contributed by atoms with Crippen molar-refractivity contribution in [3.63, 3.8) is 0 Å². The molecule has 0 aromatic heterocycles. The number of carbonyl (C=O) groups excluding carboxylic acids is 1. The Hall–Kier alpha value is -2.14. The molecule has 2 aromatic rings. The lowest BCUT2D eigenvalue weighted by molar-refractivity contribution is -0.120. The van der Waals surface area contributed by atoms with E-state index in [9.17, 15) is 4.79 Å². The minimum atomic E-state index is -0.0245. The standard InChI is InChI=1S/C17H17NO3S/c1-20-13-6-8-14(9-7-13)21-12-17(19)18-10-11-22-16-5-3-2-4-15(16)18/h2-9H,10-12H2,1H3. The fraction of sp³-hybridized carbons (Fsp3) is 0.235. The number of ether oxygens (including phenoxy) is 2. The quantitative estimate of drug-likeness (QED) is 0.868. The smallest absolute Gasteiger partial charge is 0.264 e. The van der Waals surface area contributed by atoms with Crippen molar-refractivity contribution in [1.82, 2.24) is 0 Å². The Bertz CT molecular complexity index is 657. The maximum absolute atomic E-state index is 12.4. The zero-order valence-electron chi connectivity index (χ0n) is 12.3. The van der Waals surface area contributed by atoms with Crippen LogP contribution in [0.3, 0.4) is 0 Å². The summed E-state index contributed by atoms with van der Waals surface area (Å²) in [5, 5.41) is 0. The highest BCUT2D eigenvalue weighted by Gasteiger charge is 2.22. The number of hydrogen-bond acceptors (Lipinski definition) is 4. The molecule has 0 unspecified atom stereocenters. The molecule has 114 valence electrons. The first-order valence-corrected chi connectivity index (χ1v) is 8.05. The van der Waals surface area contributed by atoms with Gasteiger partial charge in [0.05, 0.1) is 12.8 Å². The molecule has 0 aliphatic carbocycles. The van der Waals surface area contributed by atoms with Crippen LogP contribution in [0.15, 0.2) is 53.4 Å². The molecule has 1 amide bonds. The van der Waals surface area contributed by atoms with Crippen LogP contribution in [-0.4, -0.2) is 31.9 Å².